The van der Waals surface area contributed by atoms with Crippen LogP contribution in [0.5, 0.6) is 11.5 Å². The third-order valence-electron chi connectivity index (χ3n) is 2.71. The average molecular weight is 302 g/mol. The number of carbonyl (C=O) groups excluding carboxylic acids is 1. The van der Waals surface area contributed by atoms with Gasteiger partial charge >= 0.3 is 0 Å². The van der Waals surface area contributed by atoms with Gasteiger partial charge in [-0.15, -0.1) is 0 Å². The molecule has 1 heterocycles. The largest absolute Gasteiger partial charge is 0.493 e. The van der Waals surface area contributed by atoms with Crippen LogP contribution in [-0.4, -0.2) is 36.5 Å². The minimum absolute atomic E-state index is 0.0503. The number of methoxy groups -OCH3 is 2. The van der Waals surface area contributed by atoms with Crippen molar-refractivity contribution in [2.45, 2.75) is 0 Å². The molecule has 2 rings (SSSR count). The zero-order chi connectivity index (χ0) is 15.9. The maximum Gasteiger partial charge on any atom is 0.291 e. The molecule has 2 N–H and O–H groups in total. The minimum Gasteiger partial charge on any atom is -0.493 e. The zero-order valence-electron chi connectivity index (χ0n) is 12.0. The Labute approximate surface area is 125 Å². The summed E-state index contributed by atoms with van der Waals surface area (Å²) in [6.07, 6.45) is 1.42. The van der Waals surface area contributed by atoms with Gasteiger partial charge in [0.2, 0.25) is 0 Å². The first-order valence-electron chi connectivity index (χ1n) is 6.26. The fourth-order valence-corrected chi connectivity index (χ4v) is 1.70. The Morgan fingerprint density at radius 2 is 2.09 bits per heavy atom. The smallest absolute Gasteiger partial charge is 0.291 e. The first-order valence-corrected chi connectivity index (χ1v) is 6.26. The number of hydrogen-bond donors (Lipinski definition) is 2. The molecule has 0 radical (unpaired) electrons. The molecule has 0 atom stereocenters. The summed E-state index contributed by atoms with van der Waals surface area (Å²) in [6.45, 7) is 0. The summed E-state index contributed by atoms with van der Waals surface area (Å²) in [7, 11) is 3.04. The molecule has 1 aromatic heterocycles. The molecule has 0 saturated carbocycles. The van der Waals surface area contributed by atoms with E-state index in [2.05, 4.69) is 20.7 Å². The van der Waals surface area contributed by atoms with Crippen LogP contribution in [0.15, 0.2) is 40.2 Å². The van der Waals surface area contributed by atoms with Crippen molar-refractivity contribution in [3.05, 3.63) is 51.9 Å². The maximum absolute atomic E-state index is 11.8. The van der Waals surface area contributed by atoms with Gasteiger partial charge in [-0.3, -0.25) is 9.59 Å². The van der Waals surface area contributed by atoms with Gasteiger partial charge in [-0.1, -0.05) is 6.07 Å². The summed E-state index contributed by atoms with van der Waals surface area (Å²) >= 11 is 0. The number of carbonyl (C=O) groups is 1. The summed E-state index contributed by atoms with van der Waals surface area (Å²) in [5.41, 5.74) is 2.60. The van der Waals surface area contributed by atoms with Crippen LogP contribution in [0.3, 0.4) is 0 Å². The Balaban J connectivity index is 2.11. The topological polar surface area (TPSA) is 106 Å². The van der Waals surface area contributed by atoms with Crippen molar-refractivity contribution in [3.63, 3.8) is 0 Å². The number of hydrazone groups is 1. The van der Waals surface area contributed by atoms with Crippen molar-refractivity contribution in [2.75, 3.05) is 14.2 Å². The van der Waals surface area contributed by atoms with E-state index < -0.39 is 5.91 Å². The van der Waals surface area contributed by atoms with E-state index in [1.54, 1.807) is 18.2 Å². The van der Waals surface area contributed by atoms with Gasteiger partial charge in [0.15, 0.2) is 17.2 Å². The SMILES string of the molecule is COc1cccc(/C=N/NC(=O)c2ccc(=O)[nH]n2)c1OC. The lowest BCUT2D eigenvalue weighted by Gasteiger charge is -2.09. The molecular weight excluding hydrogens is 288 g/mol. The zero-order valence-corrected chi connectivity index (χ0v) is 12.0. The van der Waals surface area contributed by atoms with Crippen molar-refractivity contribution in [2.24, 2.45) is 5.10 Å². The van der Waals surface area contributed by atoms with Crippen molar-refractivity contribution in [3.8, 4) is 11.5 Å². The molecule has 0 unspecified atom stereocenters. The Hall–Kier alpha value is -3.16. The Bertz CT molecular complexity index is 734. The lowest BCUT2D eigenvalue weighted by atomic mass is 10.2. The van der Waals surface area contributed by atoms with Crippen LogP contribution in [0.1, 0.15) is 16.1 Å². The van der Waals surface area contributed by atoms with E-state index in [4.69, 9.17) is 9.47 Å². The number of nitrogens with one attached hydrogen (secondary N) is 2. The predicted octanol–water partition coefficient (Wildman–Crippen LogP) is 0.551. The minimum atomic E-state index is -0.547. The number of benzene rings is 1. The summed E-state index contributed by atoms with van der Waals surface area (Å²) in [5, 5.41) is 9.60. The molecule has 114 valence electrons. The Morgan fingerprint density at radius 1 is 1.27 bits per heavy atom. The lowest BCUT2D eigenvalue weighted by molar-refractivity contribution is 0.0949. The van der Waals surface area contributed by atoms with Gasteiger partial charge in [0, 0.05) is 11.6 Å². The predicted molar refractivity (Wildman–Crippen MR) is 79.5 cm³/mol. The summed E-state index contributed by atoms with van der Waals surface area (Å²) in [5.74, 6) is 0.514. The number of amides is 1. The van der Waals surface area contributed by atoms with Crippen molar-refractivity contribution in [1.29, 1.82) is 0 Å². The second-order valence-electron chi connectivity index (χ2n) is 4.09. The number of nitrogens with zero attached hydrogens (tertiary/aromatic N) is 2. The fourth-order valence-electron chi connectivity index (χ4n) is 1.70. The first kappa shape index (κ1) is 15.2. The highest BCUT2D eigenvalue weighted by Gasteiger charge is 2.08. The molecule has 0 bridgehead atoms. The maximum atomic E-state index is 11.8. The van der Waals surface area contributed by atoms with Crippen molar-refractivity contribution < 1.29 is 14.3 Å². The van der Waals surface area contributed by atoms with Gasteiger partial charge in [0.1, 0.15) is 0 Å². The number of rotatable bonds is 5. The molecule has 22 heavy (non-hydrogen) atoms. The number of H-pyrrole nitrogens is 1. The van der Waals surface area contributed by atoms with E-state index >= 15 is 0 Å². The molecule has 1 amide bonds. The molecular formula is C14H14N4O4. The van der Waals surface area contributed by atoms with E-state index in [1.165, 1.54) is 32.6 Å². The molecule has 1 aromatic carbocycles. The van der Waals surface area contributed by atoms with E-state index in [0.29, 0.717) is 17.1 Å². The number of para-hydroxylation sites is 1. The van der Waals surface area contributed by atoms with Crippen LogP contribution in [0, 0.1) is 0 Å². The second kappa shape index (κ2) is 7.02. The van der Waals surface area contributed by atoms with Gasteiger partial charge in [-0.05, 0) is 18.2 Å². The molecule has 0 fully saturated rings. The Morgan fingerprint density at radius 3 is 2.73 bits per heavy atom. The van der Waals surface area contributed by atoms with Crippen LogP contribution in [0.2, 0.25) is 0 Å². The molecule has 8 heteroatoms. The van der Waals surface area contributed by atoms with Gasteiger partial charge in [-0.2, -0.15) is 10.2 Å². The number of aromatic nitrogens is 2. The van der Waals surface area contributed by atoms with E-state index in [9.17, 15) is 9.59 Å². The highest BCUT2D eigenvalue weighted by atomic mass is 16.5. The third-order valence-corrected chi connectivity index (χ3v) is 2.71. The van der Waals surface area contributed by atoms with Crippen LogP contribution in [0.4, 0.5) is 0 Å². The number of hydrogen-bond acceptors (Lipinski definition) is 6. The highest BCUT2D eigenvalue weighted by molar-refractivity contribution is 5.93. The quantitative estimate of drug-likeness (QED) is 0.620. The van der Waals surface area contributed by atoms with Crippen LogP contribution < -0.4 is 20.5 Å². The van der Waals surface area contributed by atoms with Crippen LogP contribution in [-0.2, 0) is 0 Å². The van der Waals surface area contributed by atoms with Crippen molar-refractivity contribution >= 4 is 12.1 Å². The summed E-state index contributed by atoms with van der Waals surface area (Å²) < 4.78 is 10.4. The van der Waals surface area contributed by atoms with Gasteiger partial charge in [-0.25, -0.2) is 10.5 Å². The van der Waals surface area contributed by atoms with E-state index in [-0.39, 0.29) is 11.3 Å². The second-order valence-corrected chi connectivity index (χ2v) is 4.09. The molecule has 0 aliphatic carbocycles. The Kier molecular flexibility index (Phi) is 4.86. The fraction of sp³-hybridized carbons (Fsp3) is 0.143. The van der Waals surface area contributed by atoms with E-state index in [0.717, 1.165) is 0 Å². The van der Waals surface area contributed by atoms with Crippen LogP contribution in [0.25, 0.3) is 0 Å². The normalized spacial score (nSPS) is 10.5. The molecule has 0 aliphatic rings. The summed E-state index contributed by atoms with van der Waals surface area (Å²) in [6, 6.07) is 7.79. The molecule has 8 nitrogen and oxygen atoms in total. The van der Waals surface area contributed by atoms with Crippen molar-refractivity contribution in [1.82, 2.24) is 15.6 Å². The molecule has 0 aliphatic heterocycles. The number of aromatic amines is 1. The summed E-state index contributed by atoms with van der Waals surface area (Å²) in [4.78, 5) is 22.6. The highest BCUT2D eigenvalue weighted by Crippen LogP contribution is 2.29. The van der Waals surface area contributed by atoms with Crippen LogP contribution >= 0.6 is 0 Å². The molecule has 0 spiro atoms. The molecule has 0 saturated heterocycles. The molecule has 2 aromatic rings. The van der Waals surface area contributed by atoms with Gasteiger partial charge in [0.25, 0.3) is 11.5 Å². The van der Waals surface area contributed by atoms with Gasteiger partial charge < -0.3 is 9.47 Å². The first-order chi connectivity index (χ1) is 10.7. The third kappa shape index (κ3) is 3.48. The standard InChI is InChI=1S/C14H14N4O4/c1-21-11-5-3-4-9(13(11)22-2)8-15-18-14(20)10-6-7-12(19)17-16-10/h3-8H,1-2H3,(H,17,19)(H,18,20)/b15-8+. The average Bonchev–Trinajstić information content (AvgIpc) is 2.55. The van der Waals surface area contributed by atoms with E-state index in [1.807, 2.05) is 0 Å². The lowest BCUT2D eigenvalue weighted by Crippen LogP contribution is -2.21. The van der Waals surface area contributed by atoms with Gasteiger partial charge in [0.05, 0.1) is 20.4 Å². The number of ether oxygens (including phenoxy) is 2. The monoisotopic (exact) mass is 302 g/mol.